The van der Waals surface area contributed by atoms with Crippen LogP contribution in [0.1, 0.15) is 95.2 Å². The molecule has 286 valence electrons. The van der Waals surface area contributed by atoms with Crippen molar-refractivity contribution in [3.63, 3.8) is 0 Å². The van der Waals surface area contributed by atoms with Gasteiger partial charge in [-0.2, -0.15) is 5.10 Å². The van der Waals surface area contributed by atoms with E-state index in [0.29, 0.717) is 51.1 Å². The molecule has 5 fully saturated rings. The molecule has 5 aliphatic rings. The van der Waals surface area contributed by atoms with Crippen LogP contribution in [0.5, 0.6) is 5.75 Å². The van der Waals surface area contributed by atoms with Crippen LogP contribution < -0.4 is 9.64 Å². The molecule has 0 radical (unpaired) electrons. The standard InChI is InChI=1S/C40H54N6O6S/c1-27(2)46-23-31(20-43-46)34-19-36(42-26-41-34)45(25-39-12-15-40(16-13-39,17-14-39)32-8-11-35(51-4)28(3)18-32)37(47)30-6-9-33(10-7-30)52-38(48)44-21-29(22-44)24-53(5,49)50/h8,11,18-20,23,26-27,29-30,33H,6-7,9-10,12-17,21-22,24-25H2,1-5H3/t30-,33-,39?,40?. The number of aromatic nitrogens is 4. The number of methoxy groups -OCH3 is 1. The number of nitrogens with zero attached hydrogens (tertiary/aromatic N) is 6. The van der Waals surface area contributed by atoms with Crippen molar-refractivity contribution >= 4 is 27.7 Å². The van der Waals surface area contributed by atoms with Gasteiger partial charge in [0, 0.05) is 61.6 Å². The number of anilines is 1. The van der Waals surface area contributed by atoms with Crippen molar-refractivity contribution in [1.82, 2.24) is 24.6 Å². The molecule has 2 aromatic heterocycles. The maximum Gasteiger partial charge on any atom is 0.410 e. The molecule has 53 heavy (non-hydrogen) atoms. The maximum atomic E-state index is 14.7. The van der Waals surface area contributed by atoms with E-state index in [1.54, 1.807) is 18.3 Å². The van der Waals surface area contributed by atoms with Crippen LogP contribution in [0.3, 0.4) is 0 Å². The Labute approximate surface area is 313 Å². The number of likely N-dealkylation sites (tertiary alicyclic amines) is 1. The van der Waals surface area contributed by atoms with E-state index in [1.807, 2.05) is 28.0 Å². The molecule has 1 aliphatic heterocycles. The van der Waals surface area contributed by atoms with E-state index in [-0.39, 0.29) is 46.5 Å². The number of aryl methyl sites for hydroxylation is 1. The van der Waals surface area contributed by atoms with E-state index in [2.05, 4.69) is 49.1 Å². The first-order chi connectivity index (χ1) is 25.3. The zero-order valence-corrected chi connectivity index (χ0v) is 32.6. The summed E-state index contributed by atoms with van der Waals surface area (Å²) in [6, 6.07) is 8.81. The summed E-state index contributed by atoms with van der Waals surface area (Å²) in [6.07, 6.45) is 14.8. The summed E-state index contributed by atoms with van der Waals surface area (Å²) in [5.74, 6) is 1.45. The molecule has 1 aromatic carbocycles. The molecule has 13 heteroatoms. The highest BCUT2D eigenvalue weighted by molar-refractivity contribution is 7.90. The topological polar surface area (TPSA) is 137 Å². The zero-order valence-electron chi connectivity index (χ0n) is 31.8. The molecule has 0 unspecified atom stereocenters. The number of carbonyl (C=O) groups excluding carboxylic acids is 2. The van der Waals surface area contributed by atoms with Crippen molar-refractivity contribution in [3.05, 3.63) is 54.1 Å². The Bertz CT molecular complexity index is 1910. The molecule has 2 bridgehead atoms. The minimum Gasteiger partial charge on any atom is -0.496 e. The summed E-state index contributed by atoms with van der Waals surface area (Å²) in [5, 5.41) is 4.52. The lowest BCUT2D eigenvalue weighted by atomic mass is 9.51. The lowest BCUT2D eigenvalue weighted by Gasteiger charge is -2.55. The van der Waals surface area contributed by atoms with E-state index in [1.165, 1.54) is 17.4 Å². The average Bonchev–Trinajstić information content (AvgIpc) is 3.64. The van der Waals surface area contributed by atoms with Crippen molar-refractivity contribution in [2.24, 2.45) is 17.3 Å². The van der Waals surface area contributed by atoms with Crippen molar-refractivity contribution in [2.45, 2.75) is 103 Å². The Kier molecular flexibility index (Phi) is 10.3. The number of fused-ring (bicyclic) bond motifs is 3. The average molecular weight is 747 g/mol. The van der Waals surface area contributed by atoms with E-state index in [4.69, 9.17) is 14.5 Å². The summed E-state index contributed by atoms with van der Waals surface area (Å²) >= 11 is 0. The molecule has 0 spiro atoms. The van der Waals surface area contributed by atoms with E-state index in [0.717, 1.165) is 55.5 Å². The monoisotopic (exact) mass is 746 g/mol. The fraction of sp³-hybridized carbons (Fsp3) is 0.625. The van der Waals surface area contributed by atoms with Gasteiger partial charge in [0.2, 0.25) is 5.91 Å². The Morgan fingerprint density at radius 2 is 1.70 bits per heavy atom. The van der Waals surface area contributed by atoms with Crippen molar-refractivity contribution in [2.75, 3.05) is 43.7 Å². The minimum atomic E-state index is -3.08. The highest BCUT2D eigenvalue weighted by Gasteiger charge is 2.51. The van der Waals surface area contributed by atoms with Crippen LogP contribution in [0.4, 0.5) is 10.6 Å². The van der Waals surface area contributed by atoms with Gasteiger partial charge >= 0.3 is 6.09 Å². The van der Waals surface area contributed by atoms with Gasteiger partial charge in [0.1, 0.15) is 33.8 Å². The van der Waals surface area contributed by atoms with Gasteiger partial charge in [-0.3, -0.25) is 14.4 Å². The molecule has 3 heterocycles. The van der Waals surface area contributed by atoms with Crippen LogP contribution in [0.2, 0.25) is 0 Å². The number of carbonyl (C=O) groups is 2. The molecule has 4 aliphatic carbocycles. The van der Waals surface area contributed by atoms with Crippen LogP contribution in [-0.2, 0) is 24.8 Å². The number of hydrogen-bond acceptors (Lipinski definition) is 9. The molecule has 4 saturated carbocycles. The fourth-order valence-electron chi connectivity index (χ4n) is 9.27. The third-order valence-electron chi connectivity index (χ3n) is 12.6. The van der Waals surface area contributed by atoms with Crippen LogP contribution in [-0.4, -0.2) is 89.9 Å². The second-order valence-corrected chi connectivity index (χ2v) is 18.9. The van der Waals surface area contributed by atoms with Gasteiger partial charge in [-0.25, -0.2) is 23.2 Å². The van der Waals surface area contributed by atoms with Crippen LogP contribution in [0, 0.1) is 24.2 Å². The van der Waals surface area contributed by atoms with Crippen LogP contribution in [0.15, 0.2) is 43.0 Å². The normalized spacial score (nSPS) is 26.0. The third-order valence-corrected chi connectivity index (χ3v) is 13.6. The summed E-state index contributed by atoms with van der Waals surface area (Å²) in [6.45, 7) is 7.69. The van der Waals surface area contributed by atoms with Gasteiger partial charge in [0.25, 0.3) is 0 Å². The molecule has 0 N–H and O–H groups in total. The zero-order chi connectivity index (χ0) is 37.5. The number of rotatable bonds is 11. The lowest BCUT2D eigenvalue weighted by molar-refractivity contribution is -0.124. The predicted octanol–water partition coefficient (Wildman–Crippen LogP) is 6.54. The smallest absolute Gasteiger partial charge is 0.410 e. The van der Waals surface area contributed by atoms with Gasteiger partial charge in [0.15, 0.2) is 0 Å². The summed E-state index contributed by atoms with van der Waals surface area (Å²) in [4.78, 5) is 40.3. The van der Waals surface area contributed by atoms with Gasteiger partial charge in [-0.05, 0) is 113 Å². The number of benzene rings is 1. The lowest BCUT2D eigenvalue weighted by Crippen LogP contribution is -2.53. The van der Waals surface area contributed by atoms with Crippen molar-refractivity contribution in [3.8, 4) is 17.0 Å². The van der Waals surface area contributed by atoms with Crippen LogP contribution >= 0.6 is 0 Å². The molecular formula is C40H54N6O6S. The first-order valence-electron chi connectivity index (χ1n) is 19.2. The Morgan fingerprint density at radius 3 is 2.30 bits per heavy atom. The minimum absolute atomic E-state index is 0.00544. The Balaban J connectivity index is 1.05. The first kappa shape index (κ1) is 37.3. The van der Waals surface area contributed by atoms with Crippen molar-refractivity contribution < 1.29 is 27.5 Å². The Hall–Kier alpha value is -4.00. The predicted molar refractivity (Wildman–Crippen MR) is 203 cm³/mol. The first-order valence-corrected chi connectivity index (χ1v) is 21.3. The van der Waals surface area contributed by atoms with E-state index >= 15 is 0 Å². The number of hydrogen-bond donors (Lipinski definition) is 0. The molecule has 2 amide bonds. The third kappa shape index (κ3) is 7.95. The highest BCUT2D eigenvalue weighted by atomic mass is 32.2. The van der Waals surface area contributed by atoms with Gasteiger partial charge in [-0.15, -0.1) is 0 Å². The number of amides is 2. The number of ether oxygens (including phenoxy) is 2. The fourth-order valence-corrected chi connectivity index (χ4v) is 10.3. The van der Waals surface area contributed by atoms with E-state index in [9.17, 15) is 18.0 Å². The van der Waals surface area contributed by atoms with Gasteiger partial charge < -0.3 is 14.4 Å². The second kappa shape index (κ2) is 14.7. The molecule has 8 rings (SSSR count). The Morgan fingerprint density at radius 1 is 1.00 bits per heavy atom. The summed E-state index contributed by atoms with van der Waals surface area (Å²) in [5.41, 5.74) is 4.35. The van der Waals surface area contributed by atoms with Crippen LogP contribution in [0.25, 0.3) is 11.3 Å². The summed E-state index contributed by atoms with van der Waals surface area (Å²) in [7, 11) is -1.36. The molecule has 3 aromatic rings. The largest absolute Gasteiger partial charge is 0.496 e. The molecule has 12 nitrogen and oxygen atoms in total. The quantitative estimate of drug-likeness (QED) is 0.214. The highest BCUT2D eigenvalue weighted by Crippen LogP contribution is 2.58. The molecular weight excluding hydrogens is 693 g/mol. The van der Waals surface area contributed by atoms with Crippen molar-refractivity contribution in [1.29, 1.82) is 0 Å². The molecule has 1 saturated heterocycles. The van der Waals surface area contributed by atoms with Gasteiger partial charge in [-0.1, -0.05) is 12.1 Å². The SMILES string of the molecule is COc1ccc(C23CCC(CN(c4cc(-c5cnn(C(C)C)c5)ncn4)C(=O)[C@H]4CC[C@H](OC(=O)N5CC(CS(C)(=O)=O)C5)CC4)(CC2)CC3)cc1C. The second-order valence-electron chi connectivity index (χ2n) is 16.7. The van der Waals surface area contributed by atoms with E-state index < -0.39 is 15.9 Å². The summed E-state index contributed by atoms with van der Waals surface area (Å²) < 4.78 is 36.5. The number of sulfone groups is 1. The molecule has 0 atom stereocenters. The van der Waals surface area contributed by atoms with Gasteiger partial charge in [0.05, 0.1) is 24.8 Å². The maximum absolute atomic E-state index is 14.7.